The normalized spacial score (nSPS) is 38.7. The van der Waals surface area contributed by atoms with Crippen molar-refractivity contribution in [1.82, 2.24) is 9.80 Å². The first-order valence-electron chi connectivity index (χ1n) is 14.4. The minimum atomic E-state index is -1.81. The SMILES string of the molecule is CC1N(C(=O)Oc2ccc3c4c2OC2[C@H](O)CC[C@@]5(O)[C@@H](C3)N(C)CC[C@]425)C(C)(C)COC1(O)c1cccc(Cl)c1. The summed E-state index contributed by atoms with van der Waals surface area (Å²) in [5, 5.41) is 35.5. The maximum absolute atomic E-state index is 14.0. The number of likely N-dealkylation sites (N-methyl/N-ethyl adjacent to an activating group) is 1. The zero-order chi connectivity index (χ0) is 29.1. The summed E-state index contributed by atoms with van der Waals surface area (Å²) in [4.78, 5) is 17.7. The molecule has 7 rings (SSSR count). The summed E-state index contributed by atoms with van der Waals surface area (Å²) in [6.45, 7) is 6.25. The Labute approximate surface area is 244 Å². The van der Waals surface area contributed by atoms with Crippen LogP contribution in [0.5, 0.6) is 11.5 Å². The summed E-state index contributed by atoms with van der Waals surface area (Å²) in [5.41, 5.74) is -0.281. The number of hydrogen-bond acceptors (Lipinski definition) is 8. The third kappa shape index (κ3) is 3.51. The van der Waals surface area contributed by atoms with Crippen molar-refractivity contribution in [2.24, 2.45) is 0 Å². The number of halogens is 1. The molecule has 3 heterocycles. The Balaban J connectivity index is 1.27. The van der Waals surface area contributed by atoms with Gasteiger partial charge in [0.25, 0.3) is 0 Å². The van der Waals surface area contributed by atoms with E-state index in [0.717, 1.165) is 17.7 Å². The van der Waals surface area contributed by atoms with Crippen LogP contribution in [-0.2, 0) is 22.4 Å². The number of hydrogen-bond donors (Lipinski definition) is 3. The molecule has 7 atom stereocenters. The van der Waals surface area contributed by atoms with E-state index in [-0.39, 0.29) is 18.4 Å². The van der Waals surface area contributed by atoms with Crippen molar-refractivity contribution in [3.8, 4) is 11.5 Å². The fourth-order valence-corrected chi connectivity index (χ4v) is 8.75. The predicted molar refractivity (Wildman–Crippen MR) is 150 cm³/mol. The lowest BCUT2D eigenvalue weighted by molar-refractivity contribution is -0.293. The average molecular weight is 585 g/mol. The van der Waals surface area contributed by atoms with Gasteiger partial charge < -0.3 is 34.4 Å². The van der Waals surface area contributed by atoms with Crippen LogP contribution in [0.1, 0.15) is 56.7 Å². The average Bonchev–Trinajstić information content (AvgIpc) is 3.28. The van der Waals surface area contributed by atoms with Gasteiger partial charge in [-0.1, -0.05) is 29.8 Å². The third-order valence-electron chi connectivity index (χ3n) is 10.6. The first kappa shape index (κ1) is 27.4. The predicted octanol–water partition coefficient (Wildman–Crippen LogP) is 3.33. The van der Waals surface area contributed by atoms with Crippen molar-refractivity contribution in [2.75, 3.05) is 20.2 Å². The largest absolute Gasteiger partial charge is 0.482 e. The Bertz CT molecular complexity index is 1440. The lowest BCUT2D eigenvalue weighted by Gasteiger charge is -2.63. The van der Waals surface area contributed by atoms with Gasteiger partial charge in [-0.05, 0) is 83.8 Å². The quantitative estimate of drug-likeness (QED) is 0.493. The molecule has 3 aliphatic heterocycles. The lowest BCUT2D eigenvalue weighted by atomic mass is 9.49. The Morgan fingerprint density at radius 1 is 1.17 bits per heavy atom. The number of amides is 1. The van der Waals surface area contributed by atoms with Crippen LogP contribution in [0.4, 0.5) is 4.79 Å². The molecular weight excluding hydrogens is 548 g/mol. The minimum absolute atomic E-state index is 0.0579. The highest BCUT2D eigenvalue weighted by Gasteiger charge is 2.72. The number of aliphatic hydroxyl groups is 3. The molecule has 2 bridgehead atoms. The molecule has 1 spiro atoms. The monoisotopic (exact) mass is 584 g/mol. The molecule has 0 aromatic heterocycles. The van der Waals surface area contributed by atoms with Crippen molar-refractivity contribution in [1.29, 1.82) is 0 Å². The van der Waals surface area contributed by atoms with Gasteiger partial charge in [0.2, 0.25) is 5.79 Å². The summed E-state index contributed by atoms with van der Waals surface area (Å²) in [7, 11) is 2.04. The van der Waals surface area contributed by atoms with Crippen molar-refractivity contribution in [2.45, 2.75) is 93.1 Å². The fraction of sp³-hybridized carbons (Fsp3) is 0.581. The molecule has 220 valence electrons. The molecule has 9 nitrogen and oxygen atoms in total. The van der Waals surface area contributed by atoms with Gasteiger partial charge in [0.1, 0.15) is 6.10 Å². The second-order valence-electron chi connectivity index (χ2n) is 13.1. The minimum Gasteiger partial charge on any atom is -0.482 e. The smallest absolute Gasteiger partial charge is 0.416 e. The van der Waals surface area contributed by atoms with Gasteiger partial charge in [-0.2, -0.15) is 0 Å². The number of ether oxygens (including phenoxy) is 3. The second kappa shape index (κ2) is 8.81. The zero-order valence-corrected chi connectivity index (χ0v) is 24.5. The molecule has 1 saturated carbocycles. The zero-order valence-electron chi connectivity index (χ0n) is 23.8. The van der Waals surface area contributed by atoms with Crippen LogP contribution < -0.4 is 9.47 Å². The van der Waals surface area contributed by atoms with E-state index in [1.807, 2.05) is 27.0 Å². The van der Waals surface area contributed by atoms with E-state index in [1.165, 1.54) is 4.90 Å². The summed E-state index contributed by atoms with van der Waals surface area (Å²) in [5.74, 6) is -1.14. The van der Waals surface area contributed by atoms with E-state index < -0.39 is 46.7 Å². The highest BCUT2D eigenvalue weighted by Crippen LogP contribution is 2.65. The van der Waals surface area contributed by atoms with Gasteiger partial charge in [0.15, 0.2) is 11.5 Å². The number of carbonyl (C=O) groups is 1. The Hall–Kier alpha value is -2.40. The number of carbonyl (C=O) groups excluding carboxylic acids is 1. The second-order valence-corrected chi connectivity index (χ2v) is 13.6. The van der Waals surface area contributed by atoms with Crippen molar-refractivity contribution >= 4 is 17.7 Å². The lowest BCUT2D eigenvalue weighted by Crippen LogP contribution is -2.76. The van der Waals surface area contributed by atoms with Gasteiger partial charge in [-0.3, -0.25) is 4.90 Å². The molecule has 2 aromatic carbocycles. The van der Waals surface area contributed by atoms with Crippen LogP contribution in [-0.4, -0.2) is 86.8 Å². The number of likely N-dealkylation sites (tertiary alicyclic amines) is 1. The highest BCUT2D eigenvalue weighted by molar-refractivity contribution is 6.30. The van der Waals surface area contributed by atoms with E-state index in [2.05, 4.69) is 4.90 Å². The molecule has 3 fully saturated rings. The maximum Gasteiger partial charge on any atom is 0.416 e. The van der Waals surface area contributed by atoms with Crippen LogP contribution >= 0.6 is 11.6 Å². The summed E-state index contributed by atoms with van der Waals surface area (Å²) in [6.07, 6.45) is 0.172. The molecule has 41 heavy (non-hydrogen) atoms. The number of nitrogens with zero attached hydrogens (tertiary/aromatic N) is 2. The number of aliphatic hydroxyl groups excluding tert-OH is 1. The Morgan fingerprint density at radius 3 is 2.71 bits per heavy atom. The standard InChI is InChI=1S/C31H37ClN2O7/c1-17-31(38,19-6-5-7-20(32)15-19)39-16-28(2,3)34(17)27(36)40-22-9-8-18-14-23-30(37)11-10-21(35)26-29(30,12-13-33(23)4)24(18)25(22)41-26/h5-9,15,17,21,23,26,35,37-38H,10-14,16H2,1-4H3/t17?,21-,23-,26?,29+,30-,31?/m1/s1. The number of benzene rings is 2. The van der Waals surface area contributed by atoms with Gasteiger partial charge in [-0.25, -0.2) is 4.79 Å². The molecule has 2 aromatic rings. The maximum atomic E-state index is 14.0. The molecule has 10 heteroatoms. The molecule has 2 aliphatic carbocycles. The van der Waals surface area contributed by atoms with E-state index >= 15 is 0 Å². The molecule has 1 amide bonds. The summed E-state index contributed by atoms with van der Waals surface area (Å²) in [6, 6.07) is 9.56. The molecule has 0 radical (unpaired) electrons. The molecule has 3 N–H and O–H groups in total. The summed E-state index contributed by atoms with van der Waals surface area (Å²) >= 11 is 6.21. The number of rotatable bonds is 2. The van der Waals surface area contributed by atoms with E-state index in [0.29, 0.717) is 42.0 Å². The van der Waals surface area contributed by atoms with E-state index in [4.69, 9.17) is 25.8 Å². The Morgan fingerprint density at radius 2 is 1.95 bits per heavy atom. The van der Waals surface area contributed by atoms with E-state index in [9.17, 15) is 20.1 Å². The number of morpholine rings is 1. The van der Waals surface area contributed by atoms with Gasteiger partial charge in [0, 0.05) is 22.2 Å². The van der Waals surface area contributed by atoms with Crippen molar-refractivity contribution in [3.63, 3.8) is 0 Å². The van der Waals surface area contributed by atoms with Crippen LogP contribution in [0, 0.1) is 0 Å². The van der Waals surface area contributed by atoms with E-state index in [1.54, 1.807) is 37.3 Å². The van der Waals surface area contributed by atoms with Crippen LogP contribution in [0.3, 0.4) is 0 Å². The fourth-order valence-electron chi connectivity index (χ4n) is 8.56. The molecule has 3 unspecified atom stereocenters. The number of piperidine rings is 1. The van der Waals surface area contributed by atoms with Crippen molar-refractivity contribution < 1.29 is 34.3 Å². The molecule has 2 saturated heterocycles. The molecule has 5 aliphatic rings. The molecular formula is C31H37ClN2O7. The van der Waals surface area contributed by atoms with Gasteiger partial charge in [-0.15, -0.1) is 0 Å². The van der Waals surface area contributed by atoms with Crippen LogP contribution in [0.15, 0.2) is 36.4 Å². The first-order valence-corrected chi connectivity index (χ1v) is 14.8. The van der Waals surface area contributed by atoms with Gasteiger partial charge in [0.05, 0.1) is 35.3 Å². The van der Waals surface area contributed by atoms with Crippen molar-refractivity contribution in [3.05, 3.63) is 58.1 Å². The van der Waals surface area contributed by atoms with Crippen LogP contribution in [0.25, 0.3) is 0 Å². The highest BCUT2D eigenvalue weighted by atomic mass is 35.5. The van der Waals surface area contributed by atoms with Gasteiger partial charge >= 0.3 is 6.09 Å². The summed E-state index contributed by atoms with van der Waals surface area (Å²) < 4.78 is 18.6. The third-order valence-corrected chi connectivity index (χ3v) is 10.8. The topological polar surface area (TPSA) is 112 Å². The first-order chi connectivity index (χ1) is 19.3. The van der Waals surface area contributed by atoms with Crippen LogP contribution in [0.2, 0.25) is 5.02 Å². The Kier molecular flexibility index (Phi) is 5.90.